The van der Waals surface area contributed by atoms with Crippen molar-refractivity contribution in [3.8, 4) is 23.3 Å². The molecular weight excluding hydrogens is 252 g/mol. The molecule has 104 valence electrons. The predicted molar refractivity (Wildman–Crippen MR) is 80.0 cm³/mol. The number of benzene rings is 1. The highest BCUT2D eigenvalue weighted by molar-refractivity contribution is 5.86. The van der Waals surface area contributed by atoms with E-state index >= 15 is 0 Å². The van der Waals surface area contributed by atoms with Crippen molar-refractivity contribution in [2.75, 3.05) is 0 Å². The first kappa shape index (κ1) is 15.6. The normalized spacial score (nSPS) is 9.35. The van der Waals surface area contributed by atoms with E-state index in [1.54, 1.807) is 6.92 Å². The Morgan fingerprint density at radius 1 is 1.35 bits per heavy atom. The maximum atomic E-state index is 11.2. The van der Waals surface area contributed by atoms with Gasteiger partial charge >= 0.3 is 0 Å². The number of phenols is 2. The zero-order chi connectivity index (χ0) is 15.3. The Hall–Kier alpha value is -2.47. The number of hydrogen-bond donors (Lipinski definition) is 2. The van der Waals surface area contributed by atoms with Crippen molar-refractivity contribution in [1.29, 1.82) is 0 Å². The van der Waals surface area contributed by atoms with Crippen molar-refractivity contribution in [2.45, 2.75) is 27.2 Å². The lowest BCUT2D eigenvalue weighted by molar-refractivity contribution is 0.112. The number of rotatable bonds is 3. The van der Waals surface area contributed by atoms with E-state index < -0.39 is 0 Å². The summed E-state index contributed by atoms with van der Waals surface area (Å²) in [7, 11) is 0. The Morgan fingerprint density at radius 3 is 2.50 bits per heavy atom. The summed E-state index contributed by atoms with van der Waals surface area (Å²) in [5.74, 6) is 5.09. The zero-order valence-electron chi connectivity index (χ0n) is 11.9. The highest BCUT2D eigenvalue weighted by Gasteiger charge is 2.15. The van der Waals surface area contributed by atoms with E-state index in [0.29, 0.717) is 23.8 Å². The average molecular weight is 270 g/mol. The fourth-order valence-corrected chi connectivity index (χ4v) is 1.62. The third-order valence-electron chi connectivity index (χ3n) is 2.64. The molecule has 0 saturated carbocycles. The smallest absolute Gasteiger partial charge is 0.155 e. The zero-order valence-corrected chi connectivity index (χ0v) is 11.9. The highest BCUT2D eigenvalue weighted by Crippen LogP contribution is 2.32. The first-order valence-corrected chi connectivity index (χ1v) is 6.20. The second-order valence-corrected chi connectivity index (χ2v) is 4.83. The molecule has 3 nitrogen and oxygen atoms in total. The molecule has 0 bridgehead atoms. The van der Waals surface area contributed by atoms with Crippen LogP contribution in [-0.4, -0.2) is 16.5 Å². The second-order valence-electron chi connectivity index (χ2n) is 4.83. The molecule has 3 heteroatoms. The summed E-state index contributed by atoms with van der Waals surface area (Å²) in [5.41, 5.74) is 2.32. The molecule has 0 aliphatic rings. The van der Waals surface area contributed by atoms with Crippen molar-refractivity contribution < 1.29 is 15.0 Å². The lowest BCUT2D eigenvalue weighted by Crippen LogP contribution is -1.95. The van der Waals surface area contributed by atoms with E-state index in [2.05, 4.69) is 18.4 Å². The molecule has 0 amide bonds. The fraction of sp³-hybridized carbons (Fsp3) is 0.235. The first-order valence-electron chi connectivity index (χ1n) is 6.20. The molecule has 1 aromatic rings. The maximum Gasteiger partial charge on any atom is 0.155 e. The number of hydrogen-bond acceptors (Lipinski definition) is 3. The Labute approximate surface area is 119 Å². The third-order valence-corrected chi connectivity index (χ3v) is 2.64. The highest BCUT2D eigenvalue weighted by atomic mass is 16.3. The van der Waals surface area contributed by atoms with Gasteiger partial charge in [0.2, 0.25) is 0 Å². The molecule has 0 fully saturated rings. The Morgan fingerprint density at radius 2 is 2.00 bits per heavy atom. The van der Waals surface area contributed by atoms with Crippen LogP contribution < -0.4 is 0 Å². The van der Waals surface area contributed by atoms with Gasteiger partial charge in [-0.15, -0.1) is 0 Å². The Kier molecular flexibility index (Phi) is 5.16. The average Bonchev–Trinajstić information content (AvgIpc) is 2.37. The molecule has 0 aromatic heterocycles. The molecule has 1 aromatic carbocycles. The van der Waals surface area contributed by atoms with Crippen LogP contribution in [0, 0.1) is 11.8 Å². The number of carbonyl (C=O) groups excluding carboxylic acids is 1. The minimum absolute atomic E-state index is 0.0101. The quantitative estimate of drug-likeness (QED) is 0.383. The van der Waals surface area contributed by atoms with Crippen LogP contribution in [0.2, 0.25) is 0 Å². The topological polar surface area (TPSA) is 57.5 Å². The van der Waals surface area contributed by atoms with Gasteiger partial charge in [-0.25, -0.2) is 0 Å². The standard InChI is InChI=1S/C17H18O3/c1-11(2)5-7-13-9-16(19)14(8-6-12(3)4)15(10-18)17(13)20/h5,9-10,19-20H,3,7H2,1-2,4H3. The second kappa shape index (κ2) is 6.63. The molecule has 0 spiro atoms. The van der Waals surface area contributed by atoms with Gasteiger partial charge in [0, 0.05) is 5.56 Å². The predicted octanol–water partition coefficient (Wildman–Crippen LogP) is 3.35. The summed E-state index contributed by atoms with van der Waals surface area (Å²) in [6, 6.07) is 1.43. The van der Waals surface area contributed by atoms with E-state index in [0.717, 1.165) is 5.57 Å². The summed E-state index contributed by atoms with van der Waals surface area (Å²) in [5, 5.41) is 20.1. The number of carbonyl (C=O) groups is 1. The number of phenolic OH excluding ortho intramolecular Hbond substituents is 2. The molecule has 1 rings (SSSR count). The van der Waals surface area contributed by atoms with E-state index in [9.17, 15) is 15.0 Å². The molecule has 0 heterocycles. The van der Waals surface area contributed by atoms with Gasteiger partial charge < -0.3 is 10.2 Å². The minimum Gasteiger partial charge on any atom is -0.507 e. The van der Waals surface area contributed by atoms with Gasteiger partial charge in [0.05, 0.1) is 11.1 Å². The van der Waals surface area contributed by atoms with Crippen LogP contribution in [0.5, 0.6) is 11.5 Å². The molecule has 0 radical (unpaired) electrons. The van der Waals surface area contributed by atoms with Crippen LogP contribution >= 0.6 is 0 Å². The van der Waals surface area contributed by atoms with Gasteiger partial charge in [0.1, 0.15) is 11.5 Å². The lowest BCUT2D eigenvalue weighted by Gasteiger charge is -2.09. The largest absolute Gasteiger partial charge is 0.507 e. The lowest BCUT2D eigenvalue weighted by atomic mass is 9.99. The van der Waals surface area contributed by atoms with E-state index in [1.807, 2.05) is 19.9 Å². The number of aromatic hydroxyl groups is 2. The molecule has 0 saturated heterocycles. The SMILES string of the molecule is C=C(C)C#Cc1c(O)cc(CC=C(C)C)c(O)c1C=O. The maximum absolute atomic E-state index is 11.2. The van der Waals surface area contributed by atoms with Gasteiger partial charge in [-0.05, 0) is 38.8 Å². The van der Waals surface area contributed by atoms with Crippen LogP contribution in [0.4, 0.5) is 0 Å². The van der Waals surface area contributed by atoms with E-state index in [1.165, 1.54) is 6.07 Å². The van der Waals surface area contributed by atoms with Crippen LogP contribution in [0.25, 0.3) is 0 Å². The number of aldehydes is 1. The monoisotopic (exact) mass is 270 g/mol. The Bertz CT molecular complexity index is 636. The van der Waals surface area contributed by atoms with Gasteiger partial charge in [0.25, 0.3) is 0 Å². The number of allylic oxidation sites excluding steroid dienone is 3. The first-order chi connectivity index (χ1) is 9.36. The summed E-state index contributed by atoms with van der Waals surface area (Å²) in [6.45, 7) is 9.22. The van der Waals surface area contributed by atoms with E-state index in [-0.39, 0.29) is 22.6 Å². The van der Waals surface area contributed by atoms with Crippen molar-refractivity contribution in [2.24, 2.45) is 0 Å². The van der Waals surface area contributed by atoms with Gasteiger partial charge in [-0.2, -0.15) is 0 Å². The molecule has 2 N–H and O–H groups in total. The van der Waals surface area contributed by atoms with Crippen LogP contribution in [0.3, 0.4) is 0 Å². The minimum atomic E-state index is -0.138. The van der Waals surface area contributed by atoms with Crippen molar-refractivity contribution in [3.05, 3.63) is 46.6 Å². The molecule has 0 aliphatic heterocycles. The van der Waals surface area contributed by atoms with Crippen molar-refractivity contribution in [3.63, 3.8) is 0 Å². The fourth-order valence-electron chi connectivity index (χ4n) is 1.62. The van der Waals surface area contributed by atoms with Crippen LogP contribution in [0.1, 0.15) is 42.3 Å². The third kappa shape index (κ3) is 3.76. The Balaban J connectivity index is 3.42. The molecule has 0 unspecified atom stereocenters. The summed E-state index contributed by atoms with van der Waals surface area (Å²) in [4.78, 5) is 11.2. The van der Waals surface area contributed by atoms with E-state index in [4.69, 9.17) is 0 Å². The van der Waals surface area contributed by atoms with Crippen molar-refractivity contribution >= 4 is 6.29 Å². The molecule has 0 atom stereocenters. The van der Waals surface area contributed by atoms with Gasteiger partial charge in [-0.3, -0.25) is 4.79 Å². The molecule has 0 aliphatic carbocycles. The van der Waals surface area contributed by atoms with Crippen molar-refractivity contribution in [1.82, 2.24) is 0 Å². The summed E-state index contributed by atoms with van der Waals surface area (Å²) >= 11 is 0. The molecule has 20 heavy (non-hydrogen) atoms. The summed E-state index contributed by atoms with van der Waals surface area (Å²) in [6.07, 6.45) is 2.85. The van der Waals surface area contributed by atoms with Gasteiger partial charge in [0.15, 0.2) is 6.29 Å². The summed E-state index contributed by atoms with van der Waals surface area (Å²) < 4.78 is 0. The van der Waals surface area contributed by atoms with Gasteiger partial charge in [-0.1, -0.05) is 30.1 Å². The molecular formula is C17H18O3. The van der Waals surface area contributed by atoms with Crippen LogP contribution in [-0.2, 0) is 6.42 Å². The van der Waals surface area contributed by atoms with Crippen LogP contribution in [0.15, 0.2) is 29.9 Å².